The summed E-state index contributed by atoms with van der Waals surface area (Å²) in [5.41, 5.74) is 1.83. The molecular weight excluding hydrogens is 841 g/mol. The van der Waals surface area contributed by atoms with Gasteiger partial charge in [-0.15, -0.1) is 0 Å². The number of hydrogen-bond acceptors (Lipinski definition) is 12. The molecule has 2 aliphatic rings. The van der Waals surface area contributed by atoms with E-state index in [0.717, 1.165) is 77.8 Å². The van der Waals surface area contributed by atoms with Crippen LogP contribution in [0, 0.1) is 0 Å². The van der Waals surface area contributed by atoms with Crippen LogP contribution in [0.2, 0.25) is 0 Å². The number of carbonyl (C=O) groups is 2. The van der Waals surface area contributed by atoms with Crippen molar-refractivity contribution in [2.75, 3.05) is 75.3 Å². The largest absolute Gasteiger partial charge is 0.444 e. The van der Waals surface area contributed by atoms with Gasteiger partial charge in [-0.3, -0.25) is 9.80 Å². The molecule has 6 rings (SSSR count). The Labute approximate surface area is 376 Å². The zero-order valence-corrected chi connectivity index (χ0v) is 41.2. The molecule has 63 heavy (non-hydrogen) atoms. The van der Waals surface area contributed by atoms with E-state index in [9.17, 15) is 9.59 Å². The average molecular weight is 911 g/mol. The zero-order chi connectivity index (χ0) is 45.7. The molecule has 18 heteroatoms. The van der Waals surface area contributed by atoms with Gasteiger partial charge in [0.1, 0.15) is 36.3 Å². The molecule has 0 radical (unpaired) electrons. The summed E-state index contributed by atoms with van der Waals surface area (Å²) in [6.07, 6.45) is 27.8. The van der Waals surface area contributed by atoms with Crippen molar-refractivity contribution in [3.8, 4) is 34.2 Å². The Morgan fingerprint density at radius 2 is 0.952 bits per heavy atom. The lowest BCUT2D eigenvalue weighted by Gasteiger charge is -2.36. The predicted molar refractivity (Wildman–Crippen MR) is 252 cm³/mol. The van der Waals surface area contributed by atoms with E-state index in [1.54, 1.807) is 40.8 Å². The maximum atomic E-state index is 13.4. The standard InChI is InChI=1S/C45H70N10O6S2/c1-44(2,3)60-42(56)52-18-14-13-16-34(52)40-50-28-36(54(40)30-58-20-22-62(7,8)9)32-24-46-38(47-25-32)39-48-26-33(27-49-39)37-29-51-41(55(37)31-59-21-23-63(10,11)12)35-17-15-19-53(35)43(57)61-45(4,5)6/h24-29,34-35H,13-23,30-31H2,1-12H3/t34-,35-/m0/s1. The highest BCUT2D eigenvalue weighted by atomic mass is 32.3. The third-order valence-corrected chi connectivity index (χ3v) is 13.4. The number of nitrogens with zero attached hydrogens (tertiary/aromatic N) is 10. The van der Waals surface area contributed by atoms with Gasteiger partial charge in [-0.05, 0) is 111 Å². The van der Waals surface area contributed by atoms with Crippen LogP contribution in [0.1, 0.15) is 97.4 Å². The van der Waals surface area contributed by atoms with Gasteiger partial charge in [0.15, 0.2) is 11.6 Å². The summed E-state index contributed by atoms with van der Waals surface area (Å²) < 4.78 is 28.2. The van der Waals surface area contributed by atoms with Crippen LogP contribution in [0.4, 0.5) is 9.59 Å². The summed E-state index contributed by atoms with van der Waals surface area (Å²) in [6.45, 7) is 14.2. The van der Waals surface area contributed by atoms with E-state index in [1.807, 2.05) is 56.9 Å². The lowest BCUT2D eigenvalue weighted by molar-refractivity contribution is 0.00650. The molecule has 6 heterocycles. The first kappa shape index (κ1) is 48.2. The number of amides is 2. The molecule has 2 fully saturated rings. The number of imidazole rings is 2. The molecule has 16 nitrogen and oxygen atoms in total. The number of hydrogen-bond donors (Lipinski definition) is 0. The molecule has 0 bridgehead atoms. The van der Waals surface area contributed by atoms with Crippen LogP contribution in [0.3, 0.4) is 0 Å². The van der Waals surface area contributed by atoms with Crippen LogP contribution in [0.5, 0.6) is 0 Å². The number of piperidine rings is 1. The lowest BCUT2D eigenvalue weighted by Crippen LogP contribution is -2.42. The second kappa shape index (κ2) is 19.9. The van der Waals surface area contributed by atoms with Gasteiger partial charge in [-0.2, -0.15) is 0 Å². The van der Waals surface area contributed by atoms with Crippen LogP contribution in [-0.4, -0.2) is 148 Å². The van der Waals surface area contributed by atoms with Crippen LogP contribution >= 0.6 is 20.1 Å². The van der Waals surface area contributed by atoms with Gasteiger partial charge in [-0.1, -0.05) is 0 Å². The molecule has 4 aromatic rings. The van der Waals surface area contributed by atoms with E-state index in [0.29, 0.717) is 38.0 Å². The summed E-state index contributed by atoms with van der Waals surface area (Å²) in [4.78, 5) is 58.9. The first-order valence-corrected chi connectivity index (χ1v) is 27.8. The van der Waals surface area contributed by atoms with E-state index >= 15 is 0 Å². The summed E-state index contributed by atoms with van der Waals surface area (Å²) in [6, 6.07) is -0.524. The second-order valence-corrected chi connectivity index (χ2v) is 29.3. The third kappa shape index (κ3) is 13.2. The summed E-state index contributed by atoms with van der Waals surface area (Å²) in [5, 5.41) is 0. The minimum absolute atomic E-state index is 0.257. The molecule has 4 aromatic heterocycles. The number of carbonyl (C=O) groups excluding carboxylic acids is 2. The number of aromatic nitrogens is 8. The van der Waals surface area contributed by atoms with Crippen LogP contribution < -0.4 is 0 Å². The molecule has 0 aromatic carbocycles. The molecule has 0 saturated carbocycles. The summed E-state index contributed by atoms with van der Waals surface area (Å²) in [5.74, 6) is 4.16. The van der Waals surface area contributed by atoms with E-state index < -0.39 is 31.3 Å². The quantitative estimate of drug-likeness (QED) is 0.105. The Kier molecular flexibility index (Phi) is 15.2. The lowest BCUT2D eigenvalue weighted by atomic mass is 10.0. The normalized spacial score (nSPS) is 18.2. The maximum absolute atomic E-state index is 13.4. The number of likely N-dealkylation sites (tertiary alicyclic amines) is 2. The van der Waals surface area contributed by atoms with Crippen LogP contribution in [-0.2, 0) is 32.4 Å². The van der Waals surface area contributed by atoms with Gasteiger partial charge >= 0.3 is 12.2 Å². The van der Waals surface area contributed by atoms with Gasteiger partial charge in [0, 0.05) is 60.5 Å². The molecule has 0 aliphatic carbocycles. The summed E-state index contributed by atoms with van der Waals surface area (Å²) >= 11 is 0. The molecule has 0 N–H and O–H groups in total. The molecule has 2 atom stereocenters. The van der Waals surface area contributed by atoms with Crippen molar-refractivity contribution in [2.45, 2.75) is 110 Å². The fourth-order valence-electron chi connectivity index (χ4n) is 7.44. The van der Waals surface area contributed by atoms with Crippen molar-refractivity contribution >= 4 is 32.2 Å². The highest BCUT2D eigenvalue weighted by molar-refractivity contribution is 8.32. The second-order valence-electron chi connectivity index (χ2n) is 20.1. The molecule has 348 valence electrons. The Bertz CT molecular complexity index is 2150. The SMILES string of the molecule is CC(C)(C)OC(=O)N1CCCC[C@H]1c1ncc(-c2cnc(-c3ncc(-c4cnc([C@@H]5CCCN5C(=O)OC(C)(C)C)n4COCCS(C)(C)C)cn3)nc2)n1COCCS(C)(C)C. The zero-order valence-electron chi connectivity index (χ0n) is 39.5. The van der Waals surface area contributed by atoms with Crippen molar-refractivity contribution in [3.05, 3.63) is 48.8 Å². The molecule has 2 amide bonds. The van der Waals surface area contributed by atoms with E-state index in [4.69, 9.17) is 48.9 Å². The third-order valence-electron chi connectivity index (χ3n) is 10.6. The molecular formula is C45H70N10O6S2. The van der Waals surface area contributed by atoms with Crippen molar-refractivity contribution in [2.24, 2.45) is 0 Å². The minimum atomic E-state index is -0.747. The van der Waals surface area contributed by atoms with E-state index in [-0.39, 0.29) is 37.7 Å². The Hall–Kier alpha value is -4.26. The highest BCUT2D eigenvalue weighted by Crippen LogP contribution is 2.38. The number of ether oxygens (including phenoxy) is 4. The Morgan fingerprint density at radius 3 is 1.33 bits per heavy atom. The molecule has 2 aliphatic heterocycles. The van der Waals surface area contributed by atoms with Crippen LogP contribution in [0.25, 0.3) is 34.2 Å². The summed E-state index contributed by atoms with van der Waals surface area (Å²) in [7, 11) is -1.49. The fraction of sp³-hybridized carbons (Fsp3) is 0.644. The first-order valence-electron chi connectivity index (χ1n) is 21.8. The first-order chi connectivity index (χ1) is 29.6. The molecule has 2 saturated heterocycles. The van der Waals surface area contributed by atoms with E-state index in [1.165, 1.54) is 0 Å². The Morgan fingerprint density at radius 1 is 0.571 bits per heavy atom. The fourth-order valence-corrected chi connectivity index (χ4v) is 8.67. The van der Waals surface area contributed by atoms with Gasteiger partial charge in [0.2, 0.25) is 0 Å². The smallest absolute Gasteiger partial charge is 0.410 e. The van der Waals surface area contributed by atoms with Crippen molar-refractivity contribution in [3.63, 3.8) is 0 Å². The van der Waals surface area contributed by atoms with Gasteiger partial charge in [-0.25, -0.2) is 59.5 Å². The number of rotatable bonds is 15. The van der Waals surface area contributed by atoms with Gasteiger partial charge in [0.05, 0.1) is 49.1 Å². The monoisotopic (exact) mass is 910 g/mol. The van der Waals surface area contributed by atoms with Gasteiger partial charge in [0.25, 0.3) is 0 Å². The minimum Gasteiger partial charge on any atom is -0.444 e. The van der Waals surface area contributed by atoms with E-state index in [2.05, 4.69) is 37.5 Å². The van der Waals surface area contributed by atoms with Crippen LogP contribution in [0.15, 0.2) is 37.2 Å². The van der Waals surface area contributed by atoms with Crippen molar-refractivity contribution in [1.29, 1.82) is 0 Å². The van der Waals surface area contributed by atoms with Gasteiger partial charge < -0.3 is 28.1 Å². The predicted octanol–water partition coefficient (Wildman–Crippen LogP) is 8.53. The molecule has 0 unspecified atom stereocenters. The van der Waals surface area contributed by atoms with Crippen molar-refractivity contribution in [1.82, 2.24) is 48.8 Å². The average Bonchev–Trinajstić information content (AvgIpc) is 3.95. The Balaban J connectivity index is 1.25. The highest BCUT2D eigenvalue weighted by Gasteiger charge is 2.37. The topological polar surface area (TPSA) is 165 Å². The molecule has 0 spiro atoms. The van der Waals surface area contributed by atoms with Crippen molar-refractivity contribution < 1.29 is 28.5 Å². The maximum Gasteiger partial charge on any atom is 0.410 e.